The van der Waals surface area contributed by atoms with Crippen molar-refractivity contribution in [2.24, 2.45) is 104 Å². The first-order valence-electron chi connectivity index (χ1n) is 40.5. The van der Waals surface area contributed by atoms with Gasteiger partial charge >= 0.3 is 47.7 Å². The third-order valence-electron chi connectivity index (χ3n) is 26.1. The molecule has 658 valence electrons. The summed E-state index contributed by atoms with van der Waals surface area (Å²) in [6.07, 6.45) is 7.71. The topological polar surface area (TPSA) is 430 Å². The van der Waals surface area contributed by atoms with Crippen molar-refractivity contribution in [3.05, 3.63) is 232 Å². The molecule has 4 aliphatic heterocycles. The largest absolute Gasteiger partial charge is 0.479 e. The van der Waals surface area contributed by atoms with Crippen molar-refractivity contribution in [3.8, 4) is 22.7 Å². The molecular weight excluding hydrogens is 1690 g/mol. The summed E-state index contributed by atoms with van der Waals surface area (Å²) in [5.74, 6) is -11.1. The molecular formula is C86H96Co2N16O20. The van der Waals surface area contributed by atoms with Gasteiger partial charge in [-0.05, 0) is 162 Å². The van der Waals surface area contributed by atoms with Crippen molar-refractivity contribution >= 4 is 46.6 Å². The van der Waals surface area contributed by atoms with E-state index in [1.165, 1.54) is 18.7 Å². The molecule has 124 heavy (non-hydrogen) atoms. The van der Waals surface area contributed by atoms with Gasteiger partial charge < -0.3 is 58.3 Å². The molecule has 0 saturated heterocycles. The van der Waals surface area contributed by atoms with Gasteiger partial charge in [0.25, 0.3) is 68.2 Å². The first-order valence-corrected chi connectivity index (χ1v) is 40.5. The molecule has 4 saturated carbocycles. The second kappa shape index (κ2) is 34.7. The number of carbonyl (C=O) groups is 4. The third-order valence-corrected chi connectivity index (χ3v) is 26.1. The van der Waals surface area contributed by atoms with E-state index in [4.69, 9.17) is 37.9 Å². The third kappa shape index (κ3) is 16.5. The number of hydrogen-bond donors (Lipinski definition) is 4. The minimum atomic E-state index is -1.37. The Kier molecular flexibility index (Phi) is 25.0. The SMILES string of the molecule is Cc1c(N=NC2=C(O)OC3(CCC(C(C)(C)C4CCC5(CC4)OC(=O)C(N=Nc4c(C)n(C)n(-c6ccccc6)c4=O)=C(O)O5)CC3)OC2=O)c(=O)n(-c2ccccc2)n1C.Cc1c(N=NC2=C(O)OC3(CCC(C(C)(C)C4CCC5(CC4)OC(=O)C(N=Nc4c(C)n(C)n(-c6ccccc6)c4=O)=C(O)O5)CC3)OC2=O)c(=O)n(-c2ccccc2)n1C.[Co].[Co]. The Morgan fingerprint density at radius 2 is 0.460 bits per heavy atom. The molecule has 8 heterocycles. The van der Waals surface area contributed by atoms with Crippen LogP contribution in [0.2, 0.25) is 0 Å². The van der Waals surface area contributed by atoms with Gasteiger partial charge in [-0.2, -0.15) is 0 Å². The molecule has 0 atom stereocenters. The first kappa shape index (κ1) is 89.3. The van der Waals surface area contributed by atoms with Crippen molar-refractivity contribution in [1.29, 1.82) is 0 Å². The fourth-order valence-electron chi connectivity index (χ4n) is 18.3. The second-order valence-electron chi connectivity index (χ2n) is 33.4. The van der Waals surface area contributed by atoms with Gasteiger partial charge in [0.1, 0.15) is 0 Å². The van der Waals surface area contributed by atoms with Gasteiger partial charge in [0.2, 0.25) is 0 Å². The summed E-state index contributed by atoms with van der Waals surface area (Å²) >= 11 is 0. The number of nitrogens with zero attached hydrogens (tertiary/aromatic N) is 16. The number of hydrogen-bond acceptors (Lipinski definition) is 28. The van der Waals surface area contributed by atoms with Crippen LogP contribution in [0.25, 0.3) is 22.7 Å². The van der Waals surface area contributed by atoms with Gasteiger partial charge in [-0.25, -0.2) is 37.9 Å². The average molecular weight is 1790 g/mol. The second-order valence-corrected chi connectivity index (χ2v) is 33.4. The van der Waals surface area contributed by atoms with E-state index >= 15 is 0 Å². The van der Waals surface area contributed by atoms with Gasteiger partial charge in [0, 0.05) is 113 Å². The van der Waals surface area contributed by atoms with Crippen molar-refractivity contribution in [3.63, 3.8) is 0 Å². The zero-order chi connectivity index (χ0) is 86.9. The van der Waals surface area contributed by atoms with Crippen LogP contribution >= 0.6 is 0 Å². The molecule has 38 heteroatoms. The molecule has 4 N–H and O–H groups in total. The standard InChI is InChI=1S/2C43H48N8O10.2Co/c2*1-25-31(35(52)50(48(25)5)29-13-9-7-10-14-29)44-46-33-37(54)58-42(59-38(33)55)21-17-27(18-22-42)41(3,4)28-19-23-43(24-20-28)60-39(56)34(40(57)61-43)47-45-32-26(2)49(6)51(36(32)53)30-15-11-8-12-16-30;;/h2*7-16,27-28,54,56H,17-24H2,1-6H3;;. The van der Waals surface area contributed by atoms with E-state index in [1.807, 2.05) is 72.8 Å². The van der Waals surface area contributed by atoms with Crippen LogP contribution in [-0.2, 0) is 119 Å². The molecule has 4 spiro atoms. The Morgan fingerprint density at radius 1 is 0.290 bits per heavy atom. The molecule has 0 bridgehead atoms. The van der Waals surface area contributed by atoms with Crippen molar-refractivity contribution < 1.29 is 111 Å². The number of azo groups is 4. The smallest absolute Gasteiger partial charge is 0.369 e. The Morgan fingerprint density at radius 3 is 0.621 bits per heavy atom. The molecule has 16 rings (SSSR count). The molecule has 36 nitrogen and oxygen atoms in total. The maximum Gasteiger partial charge on any atom is 0.369 e. The van der Waals surface area contributed by atoms with Gasteiger partial charge in [-0.15, -0.1) is 40.9 Å². The van der Waals surface area contributed by atoms with E-state index in [2.05, 4.69) is 68.6 Å². The van der Waals surface area contributed by atoms with Gasteiger partial charge in [0.15, 0.2) is 22.7 Å². The van der Waals surface area contributed by atoms with E-state index in [0.29, 0.717) is 148 Å². The van der Waals surface area contributed by atoms with Crippen molar-refractivity contribution in [1.82, 2.24) is 37.5 Å². The number of aliphatic hydroxyl groups excluding tert-OH is 4. The normalized spacial score (nSPS) is 24.4. The summed E-state index contributed by atoms with van der Waals surface area (Å²) in [6.45, 7) is 15.6. The quantitative estimate of drug-likeness (QED) is 0.0396. The Balaban J connectivity index is 0.000000210. The summed E-state index contributed by atoms with van der Waals surface area (Å²) in [4.78, 5) is 106. The molecule has 0 amide bonds. The summed E-state index contributed by atoms with van der Waals surface area (Å²) in [5, 5.41) is 75.4. The number of rotatable bonds is 16. The predicted octanol–water partition coefficient (Wildman–Crippen LogP) is 15.1. The minimum absolute atomic E-state index is 0. The number of carbonyl (C=O) groups excluding carboxylic acids is 4. The van der Waals surface area contributed by atoms with Crippen LogP contribution in [0.5, 0.6) is 0 Å². The van der Waals surface area contributed by atoms with E-state index in [0.717, 1.165) is 0 Å². The number of ether oxygens (including phenoxy) is 8. The maximum atomic E-state index is 13.3. The number of aromatic nitrogens is 8. The van der Waals surface area contributed by atoms with Crippen LogP contribution < -0.4 is 22.2 Å². The average Bonchev–Trinajstić information content (AvgIpc) is 1.26. The fraction of sp³-hybridized carbons (Fsp3) is 0.442. The number of aliphatic hydroxyl groups is 4. The summed E-state index contributed by atoms with van der Waals surface area (Å²) < 4.78 is 58.8. The predicted molar refractivity (Wildman–Crippen MR) is 435 cm³/mol. The maximum absolute atomic E-state index is 13.3. The number of benzene rings is 4. The molecule has 8 aromatic rings. The van der Waals surface area contributed by atoms with Gasteiger partial charge in [-0.1, -0.05) is 100 Å². The molecule has 2 radical (unpaired) electrons. The zero-order valence-corrected chi connectivity index (χ0v) is 72.4. The molecule has 4 aliphatic carbocycles. The summed E-state index contributed by atoms with van der Waals surface area (Å²) in [5.41, 5.74) is 0.213. The van der Waals surface area contributed by atoms with Crippen LogP contribution in [0.3, 0.4) is 0 Å². The molecule has 4 aromatic heterocycles. The zero-order valence-electron chi connectivity index (χ0n) is 70.3. The number of esters is 4. The van der Waals surface area contributed by atoms with E-state index in [9.17, 15) is 58.8 Å². The molecule has 0 unspecified atom stereocenters. The van der Waals surface area contributed by atoms with Crippen molar-refractivity contribution in [2.75, 3.05) is 0 Å². The monoisotopic (exact) mass is 1790 g/mol. The van der Waals surface area contributed by atoms with Crippen molar-refractivity contribution in [2.45, 2.75) is 181 Å². The first-order chi connectivity index (χ1) is 58.1. The van der Waals surface area contributed by atoms with E-state index in [1.54, 1.807) is 123 Å². The Labute approximate surface area is 730 Å². The summed E-state index contributed by atoms with van der Waals surface area (Å²) in [6, 6.07) is 36.1. The van der Waals surface area contributed by atoms with Crippen LogP contribution in [0, 0.1) is 62.2 Å². The summed E-state index contributed by atoms with van der Waals surface area (Å²) in [7, 11) is 6.83. The molecule has 4 fully saturated rings. The molecule has 8 aliphatic rings. The molecule has 4 aromatic carbocycles. The number of para-hydroxylation sites is 4. The Bertz CT molecular complexity index is 5280. The van der Waals surface area contributed by atoms with Gasteiger partial charge in [0.05, 0.1) is 45.5 Å². The van der Waals surface area contributed by atoms with Crippen LogP contribution in [0.15, 0.2) is 228 Å². The minimum Gasteiger partial charge on any atom is -0.479 e. The Hall–Kier alpha value is -12.4. The van der Waals surface area contributed by atoms with E-state index < -0.39 is 116 Å². The van der Waals surface area contributed by atoms with Gasteiger partial charge in [-0.3, -0.25) is 37.9 Å². The fourth-order valence-corrected chi connectivity index (χ4v) is 18.3. The van der Waals surface area contributed by atoms with E-state index in [-0.39, 0.29) is 90.8 Å². The van der Waals surface area contributed by atoms with Crippen LogP contribution in [0.1, 0.15) is 153 Å². The van der Waals surface area contributed by atoms with Crippen LogP contribution in [0.4, 0.5) is 22.7 Å². The van der Waals surface area contributed by atoms with Crippen LogP contribution in [-0.4, -0.2) is 105 Å².